The molecule has 0 aliphatic carbocycles. The number of aromatic nitrogens is 3. The summed E-state index contributed by atoms with van der Waals surface area (Å²) in [7, 11) is 0. The highest BCUT2D eigenvalue weighted by atomic mass is 32.2. The molecule has 1 atom stereocenters. The molecule has 12 heteroatoms. The second-order valence-electron chi connectivity index (χ2n) is 11.4. The number of carbonyl (C=O) groups excluding carboxylic acids is 1. The Hall–Kier alpha value is -4.58. The van der Waals surface area contributed by atoms with Gasteiger partial charge < -0.3 is 15.0 Å². The first-order valence-electron chi connectivity index (χ1n) is 14.8. The number of aryl methyl sites for hydroxylation is 1. The van der Waals surface area contributed by atoms with Gasteiger partial charge in [-0.05, 0) is 85.7 Å². The van der Waals surface area contributed by atoms with Crippen LogP contribution in [0.15, 0.2) is 84.2 Å². The van der Waals surface area contributed by atoms with Gasteiger partial charge in [-0.1, -0.05) is 62.0 Å². The second kappa shape index (κ2) is 13.8. The average molecular weight is 649 g/mol. The Morgan fingerprint density at radius 1 is 1.11 bits per heavy atom. The molecular weight excluding hydrogens is 613 g/mol. The van der Waals surface area contributed by atoms with Crippen molar-refractivity contribution in [1.82, 2.24) is 20.1 Å². The lowest BCUT2D eigenvalue weighted by molar-refractivity contribution is -0.274. The lowest BCUT2D eigenvalue weighted by Gasteiger charge is -2.37. The Morgan fingerprint density at radius 2 is 1.83 bits per heavy atom. The van der Waals surface area contributed by atoms with E-state index in [0.717, 1.165) is 40.1 Å². The number of anilines is 1. The number of amidine groups is 1. The number of thioether (sulfide) groups is 1. The maximum Gasteiger partial charge on any atom is 0.573 e. The van der Waals surface area contributed by atoms with Crippen molar-refractivity contribution in [1.29, 1.82) is 0 Å². The van der Waals surface area contributed by atoms with Crippen LogP contribution < -0.4 is 15.0 Å². The number of ether oxygens (including phenoxy) is 1. The molecule has 0 radical (unpaired) electrons. The molecule has 4 aromatic rings. The summed E-state index contributed by atoms with van der Waals surface area (Å²) in [5, 5.41) is 7.96. The zero-order valence-corrected chi connectivity index (χ0v) is 27.0. The summed E-state index contributed by atoms with van der Waals surface area (Å²) in [5.41, 5.74) is 6.49. The van der Waals surface area contributed by atoms with Crippen molar-refractivity contribution in [2.24, 2.45) is 4.99 Å². The van der Waals surface area contributed by atoms with E-state index in [-0.39, 0.29) is 11.8 Å². The molecule has 0 bridgehead atoms. The first-order chi connectivity index (χ1) is 21.9. The summed E-state index contributed by atoms with van der Waals surface area (Å²) in [5.74, 6) is 1.36. The van der Waals surface area contributed by atoms with E-state index in [1.165, 1.54) is 40.8 Å². The number of amides is 2. The molecule has 3 aromatic carbocycles. The van der Waals surface area contributed by atoms with Gasteiger partial charge in [-0.25, -0.2) is 14.5 Å². The van der Waals surface area contributed by atoms with Crippen LogP contribution in [0.3, 0.4) is 0 Å². The molecule has 1 saturated heterocycles. The number of rotatable bonds is 7. The van der Waals surface area contributed by atoms with Crippen molar-refractivity contribution in [3.8, 4) is 22.8 Å². The molecule has 1 N–H and O–H groups in total. The predicted molar refractivity (Wildman–Crippen MR) is 177 cm³/mol. The van der Waals surface area contributed by atoms with Gasteiger partial charge in [0.25, 0.3) is 0 Å². The number of hydrogen-bond donors (Lipinski definition) is 1. The van der Waals surface area contributed by atoms with Crippen molar-refractivity contribution >= 4 is 34.2 Å². The summed E-state index contributed by atoms with van der Waals surface area (Å²) in [4.78, 5) is 24.0. The van der Waals surface area contributed by atoms with E-state index in [1.54, 1.807) is 18.0 Å². The van der Waals surface area contributed by atoms with E-state index in [9.17, 15) is 18.0 Å². The highest BCUT2D eigenvalue weighted by molar-refractivity contribution is 8.14. The van der Waals surface area contributed by atoms with Crippen molar-refractivity contribution in [3.05, 3.63) is 95.9 Å². The van der Waals surface area contributed by atoms with E-state index < -0.39 is 12.4 Å². The largest absolute Gasteiger partial charge is 0.573 e. The molecule has 2 heterocycles. The van der Waals surface area contributed by atoms with E-state index in [1.807, 2.05) is 31.2 Å². The van der Waals surface area contributed by atoms with Crippen molar-refractivity contribution in [2.45, 2.75) is 59.4 Å². The Balaban J connectivity index is 1.26. The van der Waals surface area contributed by atoms with Gasteiger partial charge in [-0.2, -0.15) is 4.99 Å². The molecule has 0 spiro atoms. The van der Waals surface area contributed by atoms with Gasteiger partial charge >= 0.3 is 12.4 Å². The minimum atomic E-state index is -4.75. The first kappa shape index (κ1) is 32.8. The summed E-state index contributed by atoms with van der Waals surface area (Å²) in [6.07, 6.45) is -0.625. The molecular formula is C34H35F3N6O2S. The zero-order chi connectivity index (χ0) is 33.0. The topological polar surface area (TPSA) is 84.6 Å². The fourth-order valence-electron chi connectivity index (χ4n) is 5.06. The van der Waals surface area contributed by atoms with Crippen LogP contribution in [0.5, 0.6) is 5.75 Å². The van der Waals surface area contributed by atoms with Gasteiger partial charge in [0.15, 0.2) is 11.0 Å². The maximum absolute atomic E-state index is 13.0. The third-order valence-electron chi connectivity index (χ3n) is 7.52. The SMILES string of the molecule is C/C(=C\NC(=O)N=C1SCCC(C)N1c1cc(C)ccc1C(C)C)c1ccc(-c2ncn(-c3ccc(OC(F)(F)F)cc3)n2)cc1. The van der Waals surface area contributed by atoms with Crippen molar-refractivity contribution in [2.75, 3.05) is 10.7 Å². The maximum atomic E-state index is 13.0. The van der Waals surface area contributed by atoms with Crippen LogP contribution in [0, 0.1) is 6.92 Å². The van der Waals surface area contributed by atoms with E-state index in [2.05, 4.69) is 75.9 Å². The van der Waals surface area contributed by atoms with Crippen LogP contribution in [-0.4, -0.2) is 44.1 Å². The number of benzene rings is 3. The molecule has 1 aliphatic heterocycles. The van der Waals surface area contributed by atoms with Crippen LogP contribution in [0.1, 0.15) is 56.7 Å². The van der Waals surface area contributed by atoms with Crippen LogP contribution in [0.4, 0.5) is 23.7 Å². The number of nitrogens with zero attached hydrogens (tertiary/aromatic N) is 5. The van der Waals surface area contributed by atoms with Gasteiger partial charge in [0.05, 0.1) is 5.69 Å². The molecule has 240 valence electrons. The minimum Gasteiger partial charge on any atom is -0.406 e. The molecule has 5 rings (SSSR count). The molecule has 1 aliphatic rings. The number of halogens is 3. The Kier molecular flexibility index (Phi) is 9.85. The minimum absolute atomic E-state index is 0.210. The summed E-state index contributed by atoms with van der Waals surface area (Å²) >= 11 is 1.59. The molecule has 1 fully saturated rings. The lowest BCUT2D eigenvalue weighted by Crippen LogP contribution is -2.42. The van der Waals surface area contributed by atoms with Gasteiger partial charge in [0.2, 0.25) is 0 Å². The van der Waals surface area contributed by atoms with Crippen LogP contribution in [0.25, 0.3) is 22.6 Å². The third-order valence-corrected chi connectivity index (χ3v) is 8.50. The smallest absolute Gasteiger partial charge is 0.406 e. The molecule has 46 heavy (non-hydrogen) atoms. The lowest BCUT2D eigenvalue weighted by atomic mass is 9.98. The number of carbonyl (C=O) groups is 1. The molecule has 2 amide bonds. The van der Waals surface area contributed by atoms with Gasteiger partial charge in [-0.3, -0.25) is 0 Å². The number of aliphatic imine (C=N–C) groups is 1. The number of hydrogen-bond acceptors (Lipinski definition) is 5. The van der Waals surface area contributed by atoms with E-state index in [0.29, 0.717) is 22.6 Å². The summed E-state index contributed by atoms with van der Waals surface area (Å²) < 4.78 is 42.7. The fourth-order valence-corrected chi connectivity index (χ4v) is 6.27. The molecule has 0 saturated carbocycles. The third kappa shape index (κ3) is 7.97. The average Bonchev–Trinajstić information content (AvgIpc) is 3.50. The predicted octanol–water partition coefficient (Wildman–Crippen LogP) is 8.72. The molecule has 1 unspecified atom stereocenters. The number of alkyl halides is 3. The van der Waals surface area contributed by atoms with Crippen LogP contribution in [0.2, 0.25) is 0 Å². The zero-order valence-electron chi connectivity index (χ0n) is 26.2. The fraction of sp³-hybridized carbons (Fsp3) is 0.294. The van der Waals surface area contributed by atoms with Gasteiger partial charge in [0, 0.05) is 29.2 Å². The number of allylic oxidation sites excluding steroid dienone is 1. The molecule has 1 aromatic heterocycles. The van der Waals surface area contributed by atoms with E-state index in [4.69, 9.17) is 0 Å². The Bertz CT molecular complexity index is 1750. The van der Waals surface area contributed by atoms with Crippen molar-refractivity contribution < 1.29 is 22.7 Å². The Labute approximate surface area is 270 Å². The number of urea groups is 1. The van der Waals surface area contributed by atoms with Gasteiger partial charge in [0.1, 0.15) is 12.1 Å². The standard InChI is InChI=1S/C34H35F3N6O2S/c1-21(2)29-15-6-22(3)18-30(29)43-24(5)16-17-46-33(43)40-32(44)38-19-23(4)25-7-9-26(10-8-25)31-39-20-42(41-31)27-11-13-28(14-12-27)45-34(35,36)37/h6-15,18-21,24H,16-17H2,1-5H3,(H,38,44)/b23-19+,40-33?. The summed E-state index contributed by atoms with van der Waals surface area (Å²) in [6, 6.07) is 19.1. The highest BCUT2D eigenvalue weighted by Crippen LogP contribution is 2.35. The number of nitrogens with one attached hydrogen (secondary N) is 1. The highest BCUT2D eigenvalue weighted by Gasteiger charge is 2.31. The van der Waals surface area contributed by atoms with Gasteiger partial charge in [-0.15, -0.1) is 18.3 Å². The van der Waals surface area contributed by atoms with Crippen LogP contribution in [-0.2, 0) is 0 Å². The second-order valence-corrected chi connectivity index (χ2v) is 12.4. The molecule has 8 nitrogen and oxygen atoms in total. The summed E-state index contributed by atoms with van der Waals surface area (Å²) in [6.45, 7) is 10.5. The Morgan fingerprint density at radius 3 is 2.50 bits per heavy atom. The van der Waals surface area contributed by atoms with Crippen molar-refractivity contribution in [3.63, 3.8) is 0 Å². The first-order valence-corrected chi connectivity index (χ1v) is 15.8. The monoisotopic (exact) mass is 648 g/mol. The van der Waals surface area contributed by atoms with Crippen LogP contribution >= 0.6 is 11.8 Å². The van der Waals surface area contributed by atoms with E-state index >= 15 is 0 Å². The quantitative estimate of drug-likeness (QED) is 0.216. The normalized spacial score (nSPS) is 16.6.